The van der Waals surface area contributed by atoms with Crippen molar-refractivity contribution in [2.75, 3.05) is 19.8 Å². The third kappa shape index (κ3) is 5.51. The molecule has 1 aliphatic rings. The van der Waals surface area contributed by atoms with Gasteiger partial charge in [0.1, 0.15) is 5.75 Å². The molecule has 32 heavy (non-hydrogen) atoms. The molecule has 0 aliphatic carbocycles. The molecule has 174 valence electrons. The lowest BCUT2D eigenvalue weighted by molar-refractivity contribution is -0.122. The highest BCUT2D eigenvalue weighted by molar-refractivity contribution is 7.93. The minimum atomic E-state index is -3.92. The Kier molecular flexibility index (Phi) is 7.96. The molecule has 2 N–H and O–H groups in total. The summed E-state index contributed by atoms with van der Waals surface area (Å²) in [5.41, 5.74) is 8.17. The molecular formula is C25H33NO5S. The number of carbonyl (C=O) groups excluding carboxylic acids is 1. The smallest absolute Gasteiger partial charge is 0.239 e. The number of aryl methyl sites for hydroxylation is 1. The standard InChI is InChI=1S/C25H33NO5S/c1-19(2)17-21-6-3-5-20(18-21)7-4-14-31-22-8-10-23(11-9-22)32(28,29)25(24(26)27)12-15-30-16-13-25/h3,5-6,8-11,18-19H,4,7,12-17H2,1-2H3,(H2,26,27). The predicted molar refractivity (Wildman–Crippen MR) is 124 cm³/mol. The lowest BCUT2D eigenvalue weighted by Gasteiger charge is -2.33. The van der Waals surface area contributed by atoms with Gasteiger partial charge in [0.15, 0.2) is 14.6 Å². The summed E-state index contributed by atoms with van der Waals surface area (Å²) < 4.78 is 35.8. The van der Waals surface area contributed by atoms with E-state index in [-0.39, 0.29) is 31.0 Å². The van der Waals surface area contributed by atoms with Gasteiger partial charge < -0.3 is 15.2 Å². The Bertz CT molecular complexity index is 1010. The molecule has 2 aromatic carbocycles. The number of sulfone groups is 1. The maximum Gasteiger partial charge on any atom is 0.239 e. The second-order valence-electron chi connectivity index (χ2n) is 8.82. The molecule has 0 bridgehead atoms. The van der Waals surface area contributed by atoms with Crippen LogP contribution in [0.3, 0.4) is 0 Å². The largest absolute Gasteiger partial charge is 0.494 e. The quantitative estimate of drug-likeness (QED) is 0.547. The van der Waals surface area contributed by atoms with Gasteiger partial charge in [-0.15, -0.1) is 0 Å². The molecule has 0 atom stereocenters. The van der Waals surface area contributed by atoms with E-state index in [0.717, 1.165) is 19.3 Å². The monoisotopic (exact) mass is 459 g/mol. The van der Waals surface area contributed by atoms with Crippen LogP contribution >= 0.6 is 0 Å². The van der Waals surface area contributed by atoms with Gasteiger partial charge in [-0.2, -0.15) is 0 Å². The third-order valence-electron chi connectivity index (χ3n) is 5.91. The van der Waals surface area contributed by atoms with Gasteiger partial charge in [-0.1, -0.05) is 38.1 Å². The van der Waals surface area contributed by atoms with Crippen LogP contribution in [0.15, 0.2) is 53.4 Å². The lowest BCUT2D eigenvalue weighted by atomic mass is 9.98. The van der Waals surface area contributed by atoms with Crippen molar-refractivity contribution in [3.05, 3.63) is 59.7 Å². The normalized spacial score (nSPS) is 16.1. The summed E-state index contributed by atoms with van der Waals surface area (Å²) in [5, 5.41) is 0. The first-order valence-corrected chi connectivity index (χ1v) is 12.7. The van der Waals surface area contributed by atoms with E-state index in [1.54, 1.807) is 12.1 Å². The van der Waals surface area contributed by atoms with Crippen LogP contribution in [0.2, 0.25) is 0 Å². The van der Waals surface area contributed by atoms with E-state index < -0.39 is 20.5 Å². The van der Waals surface area contributed by atoms with Gasteiger partial charge in [0.05, 0.1) is 11.5 Å². The van der Waals surface area contributed by atoms with E-state index in [9.17, 15) is 13.2 Å². The minimum absolute atomic E-state index is 0.0707. The molecule has 1 fully saturated rings. The summed E-state index contributed by atoms with van der Waals surface area (Å²) in [7, 11) is -3.92. The predicted octanol–water partition coefficient (Wildman–Crippen LogP) is 3.70. The van der Waals surface area contributed by atoms with E-state index in [0.29, 0.717) is 18.3 Å². The van der Waals surface area contributed by atoms with Crippen LogP contribution in [0.1, 0.15) is 44.2 Å². The molecule has 0 unspecified atom stereocenters. The number of carbonyl (C=O) groups is 1. The molecule has 2 aromatic rings. The fourth-order valence-electron chi connectivity index (χ4n) is 4.14. The fraction of sp³-hybridized carbons (Fsp3) is 0.480. The molecule has 0 saturated carbocycles. The summed E-state index contributed by atoms with van der Waals surface area (Å²) in [6.45, 7) is 5.36. The van der Waals surface area contributed by atoms with Crippen molar-refractivity contribution in [2.24, 2.45) is 11.7 Å². The number of hydrogen-bond donors (Lipinski definition) is 1. The van der Waals surface area contributed by atoms with Crippen LogP contribution in [0.4, 0.5) is 0 Å². The minimum Gasteiger partial charge on any atom is -0.494 e. The van der Waals surface area contributed by atoms with Crippen LogP contribution in [0, 0.1) is 5.92 Å². The first kappa shape index (κ1) is 24.3. The number of ether oxygens (including phenoxy) is 2. The summed E-state index contributed by atoms with van der Waals surface area (Å²) in [6.07, 6.45) is 2.99. The molecule has 7 heteroatoms. The average Bonchev–Trinajstić information content (AvgIpc) is 2.77. The van der Waals surface area contributed by atoms with Gasteiger partial charge in [-0.05, 0) is 73.4 Å². The van der Waals surface area contributed by atoms with Crippen LogP contribution in [0.25, 0.3) is 0 Å². The zero-order valence-electron chi connectivity index (χ0n) is 18.9. The van der Waals surface area contributed by atoms with Crippen LogP contribution in [0.5, 0.6) is 5.75 Å². The maximum absolute atomic E-state index is 13.2. The van der Waals surface area contributed by atoms with Crippen molar-refractivity contribution in [1.82, 2.24) is 0 Å². The second kappa shape index (κ2) is 10.5. The van der Waals surface area contributed by atoms with E-state index in [1.165, 1.54) is 23.3 Å². The highest BCUT2D eigenvalue weighted by Gasteiger charge is 2.51. The number of primary amides is 1. The molecule has 1 amide bonds. The van der Waals surface area contributed by atoms with Gasteiger partial charge in [-0.3, -0.25) is 4.79 Å². The number of hydrogen-bond acceptors (Lipinski definition) is 5. The van der Waals surface area contributed by atoms with Crippen molar-refractivity contribution in [3.63, 3.8) is 0 Å². The van der Waals surface area contributed by atoms with Gasteiger partial charge in [0.25, 0.3) is 0 Å². The third-order valence-corrected chi connectivity index (χ3v) is 8.44. The Morgan fingerprint density at radius 2 is 1.75 bits per heavy atom. The van der Waals surface area contributed by atoms with Gasteiger partial charge >= 0.3 is 0 Å². The zero-order chi connectivity index (χ0) is 23.2. The first-order valence-electron chi connectivity index (χ1n) is 11.2. The molecule has 3 rings (SSSR count). The number of benzene rings is 2. The topological polar surface area (TPSA) is 95.7 Å². The summed E-state index contributed by atoms with van der Waals surface area (Å²) in [6, 6.07) is 14.9. The zero-order valence-corrected chi connectivity index (χ0v) is 19.7. The fourth-order valence-corrected chi connectivity index (χ4v) is 6.05. The van der Waals surface area contributed by atoms with Crippen LogP contribution < -0.4 is 10.5 Å². The Morgan fingerprint density at radius 3 is 2.38 bits per heavy atom. The SMILES string of the molecule is CC(C)Cc1cccc(CCCOc2ccc(S(=O)(=O)C3(C(N)=O)CCOCC3)cc2)c1. The molecule has 6 nitrogen and oxygen atoms in total. The van der Waals surface area contributed by atoms with Crippen molar-refractivity contribution in [1.29, 1.82) is 0 Å². The molecule has 0 radical (unpaired) electrons. The second-order valence-corrected chi connectivity index (χ2v) is 11.1. The highest BCUT2D eigenvalue weighted by Crippen LogP contribution is 2.35. The summed E-state index contributed by atoms with van der Waals surface area (Å²) in [5.74, 6) is 0.404. The Morgan fingerprint density at radius 1 is 1.09 bits per heavy atom. The van der Waals surface area contributed by atoms with Crippen LogP contribution in [-0.2, 0) is 32.2 Å². The van der Waals surface area contributed by atoms with E-state index in [1.807, 2.05) is 0 Å². The van der Waals surface area contributed by atoms with Crippen molar-refractivity contribution >= 4 is 15.7 Å². The van der Waals surface area contributed by atoms with Crippen molar-refractivity contribution < 1.29 is 22.7 Å². The Labute approximate surface area is 191 Å². The lowest BCUT2D eigenvalue weighted by Crippen LogP contribution is -2.53. The molecule has 1 saturated heterocycles. The number of rotatable bonds is 10. The summed E-state index contributed by atoms with van der Waals surface area (Å²) in [4.78, 5) is 12.2. The number of amides is 1. The molecule has 1 aliphatic heterocycles. The van der Waals surface area contributed by atoms with Crippen molar-refractivity contribution in [3.8, 4) is 5.75 Å². The van der Waals surface area contributed by atoms with E-state index >= 15 is 0 Å². The van der Waals surface area contributed by atoms with Gasteiger partial charge in [0, 0.05) is 13.2 Å². The van der Waals surface area contributed by atoms with Gasteiger partial charge in [0.2, 0.25) is 5.91 Å². The summed E-state index contributed by atoms with van der Waals surface area (Å²) >= 11 is 0. The van der Waals surface area contributed by atoms with Crippen LogP contribution in [-0.4, -0.2) is 38.9 Å². The van der Waals surface area contributed by atoms with E-state index in [2.05, 4.69) is 38.1 Å². The molecule has 0 aromatic heterocycles. The molecular weight excluding hydrogens is 426 g/mol. The maximum atomic E-state index is 13.2. The van der Waals surface area contributed by atoms with E-state index in [4.69, 9.17) is 15.2 Å². The first-order chi connectivity index (χ1) is 15.2. The van der Waals surface area contributed by atoms with Gasteiger partial charge in [-0.25, -0.2) is 8.42 Å². The Balaban J connectivity index is 1.57. The molecule has 1 heterocycles. The number of nitrogens with two attached hydrogens (primary N) is 1. The average molecular weight is 460 g/mol. The van der Waals surface area contributed by atoms with Crippen molar-refractivity contribution in [2.45, 2.75) is 55.6 Å². The Hall–Kier alpha value is -2.38. The molecule has 0 spiro atoms. The highest BCUT2D eigenvalue weighted by atomic mass is 32.2.